The van der Waals surface area contributed by atoms with Gasteiger partial charge in [0.05, 0.1) is 22.8 Å². The highest BCUT2D eigenvalue weighted by molar-refractivity contribution is 5.78. The maximum absolute atomic E-state index is 4.62. The molecule has 0 fully saturated rings. The standard InChI is InChI=1S/C22H22N4/c1-3-17-19(15-11-7-5-8-12-15)23-25-21(17)22-18(4-2)20(24-26-22)16-13-9-6-10-14-16/h5-14H,3-4H2,1-2H3,(H,23,25)(H,24,26). The third kappa shape index (κ3) is 2.73. The van der Waals surface area contributed by atoms with Gasteiger partial charge in [-0.15, -0.1) is 0 Å². The fourth-order valence-corrected chi connectivity index (χ4v) is 3.50. The molecule has 4 heteroatoms. The SMILES string of the molecule is CCc1c(-c2ccccc2)n[nH]c1-c1[nH]nc(-c2ccccc2)c1CC. The first kappa shape index (κ1) is 16.3. The Labute approximate surface area is 153 Å². The first-order chi connectivity index (χ1) is 12.8. The van der Waals surface area contributed by atoms with E-state index in [2.05, 4.69) is 58.5 Å². The zero-order chi connectivity index (χ0) is 17.9. The second kappa shape index (κ2) is 7.00. The molecule has 2 heterocycles. The van der Waals surface area contributed by atoms with E-state index in [0.29, 0.717) is 0 Å². The first-order valence-corrected chi connectivity index (χ1v) is 9.09. The summed E-state index contributed by atoms with van der Waals surface area (Å²) >= 11 is 0. The van der Waals surface area contributed by atoms with Gasteiger partial charge in [-0.3, -0.25) is 10.2 Å². The van der Waals surface area contributed by atoms with Crippen LogP contribution in [0.5, 0.6) is 0 Å². The number of aromatic nitrogens is 4. The van der Waals surface area contributed by atoms with Crippen LogP contribution in [0.25, 0.3) is 33.9 Å². The van der Waals surface area contributed by atoms with Crippen LogP contribution < -0.4 is 0 Å². The second-order valence-corrected chi connectivity index (χ2v) is 6.29. The number of benzene rings is 2. The van der Waals surface area contributed by atoms with Gasteiger partial charge in [0.1, 0.15) is 0 Å². The lowest BCUT2D eigenvalue weighted by molar-refractivity contribution is 1.05. The smallest absolute Gasteiger partial charge is 0.0959 e. The summed E-state index contributed by atoms with van der Waals surface area (Å²) in [5.41, 5.74) is 8.81. The molecular formula is C22H22N4. The van der Waals surface area contributed by atoms with Crippen molar-refractivity contribution in [3.05, 3.63) is 71.8 Å². The summed E-state index contributed by atoms with van der Waals surface area (Å²) < 4.78 is 0. The Morgan fingerprint density at radius 3 is 1.35 bits per heavy atom. The molecule has 2 aromatic carbocycles. The van der Waals surface area contributed by atoms with Crippen molar-refractivity contribution < 1.29 is 0 Å². The highest BCUT2D eigenvalue weighted by Crippen LogP contribution is 2.35. The molecule has 2 N–H and O–H groups in total. The maximum Gasteiger partial charge on any atom is 0.0959 e. The zero-order valence-electron chi connectivity index (χ0n) is 15.1. The van der Waals surface area contributed by atoms with Crippen LogP contribution in [0.15, 0.2) is 60.7 Å². The molecule has 4 aromatic rings. The van der Waals surface area contributed by atoms with E-state index < -0.39 is 0 Å². The van der Waals surface area contributed by atoms with Crippen molar-refractivity contribution in [3.8, 4) is 33.9 Å². The Morgan fingerprint density at radius 1 is 0.615 bits per heavy atom. The van der Waals surface area contributed by atoms with Gasteiger partial charge in [0, 0.05) is 22.3 Å². The predicted octanol–water partition coefficient (Wildman–Crippen LogP) is 5.26. The number of hydrogen-bond acceptors (Lipinski definition) is 2. The van der Waals surface area contributed by atoms with Crippen molar-refractivity contribution in [2.45, 2.75) is 26.7 Å². The molecule has 0 spiro atoms. The van der Waals surface area contributed by atoms with Crippen LogP contribution in [0.4, 0.5) is 0 Å². The van der Waals surface area contributed by atoms with E-state index in [-0.39, 0.29) is 0 Å². The molecule has 0 atom stereocenters. The first-order valence-electron chi connectivity index (χ1n) is 9.09. The molecule has 130 valence electrons. The van der Waals surface area contributed by atoms with Gasteiger partial charge in [-0.25, -0.2) is 0 Å². The molecule has 0 aliphatic rings. The molecule has 0 bridgehead atoms. The van der Waals surface area contributed by atoms with Crippen LogP contribution in [0, 0.1) is 0 Å². The molecule has 0 radical (unpaired) electrons. The number of nitrogens with zero attached hydrogens (tertiary/aromatic N) is 2. The minimum atomic E-state index is 0.902. The fraction of sp³-hybridized carbons (Fsp3) is 0.182. The van der Waals surface area contributed by atoms with Gasteiger partial charge in [0.25, 0.3) is 0 Å². The molecule has 26 heavy (non-hydrogen) atoms. The monoisotopic (exact) mass is 342 g/mol. The molecule has 0 saturated heterocycles. The molecule has 0 aliphatic heterocycles. The quantitative estimate of drug-likeness (QED) is 0.520. The van der Waals surface area contributed by atoms with Gasteiger partial charge in [-0.2, -0.15) is 10.2 Å². The van der Waals surface area contributed by atoms with Crippen molar-refractivity contribution in [1.82, 2.24) is 20.4 Å². The maximum atomic E-state index is 4.62. The van der Waals surface area contributed by atoms with Crippen LogP contribution in [-0.4, -0.2) is 20.4 Å². The predicted molar refractivity (Wildman–Crippen MR) is 106 cm³/mol. The number of hydrogen-bond donors (Lipinski definition) is 2. The average Bonchev–Trinajstić information content (AvgIpc) is 3.32. The lowest BCUT2D eigenvalue weighted by atomic mass is 9.98. The van der Waals surface area contributed by atoms with Crippen LogP contribution >= 0.6 is 0 Å². The number of nitrogens with one attached hydrogen (secondary N) is 2. The van der Waals surface area contributed by atoms with Gasteiger partial charge in [-0.05, 0) is 12.8 Å². The van der Waals surface area contributed by atoms with Crippen molar-refractivity contribution in [3.63, 3.8) is 0 Å². The third-order valence-corrected chi connectivity index (χ3v) is 4.79. The van der Waals surface area contributed by atoms with Gasteiger partial charge < -0.3 is 0 Å². The molecule has 0 aliphatic carbocycles. The Kier molecular flexibility index (Phi) is 4.40. The minimum Gasteiger partial charge on any atom is -0.275 e. The van der Waals surface area contributed by atoms with E-state index in [0.717, 1.165) is 46.7 Å². The van der Waals surface area contributed by atoms with Gasteiger partial charge in [-0.1, -0.05) is 74.5 Å². The van der Waals surface area contributed by atoms with Crippen LogP contribution in [0.2, 0.25) is 0 Å². The summed E-state index contributed by atoms with van der Waals surface area (Å²) in [5, 5.41) is 15.8. The molecular weight excluding hydrogens is 320 g/mol. The normalized spacial score (nSPS) is 11.0. The van der Waals surface area contributed by atoms with Crippen LogP contribution in [-0.2, 0) is 12.8 Å². The fourth-order valence-electron chi connectivity index (χ4n) is 3.50. The van der Waals surface area contributed by atoms with Crippen LogP contribution in [0.3, 0.4) is 0 Å². The zero-order valence-corrected chi connectivity index (χ0v) is 15.1. The number of aromatic amines is 2. The van der Waals surface area contributed by atoms with Crippen LogP contribution in [0.1, 0.15) is 25.0 Å². The van der Waals surface area contributed by atoms with Gasteiger partial charge in [0.15, 0.2) is 0 Å². The Bertz CT molecular complexity index is 914. The van der Waals surface area contributed by atoms with Crippen molar-refractivity contribution in [2.75, 3.05) is 0 Å². The van der Waals surface area contributed by atoms with E-state index in [1.807, 2.05) is 36.4 Å². The largest absolute Gasteiger partial charge is 0.275 e. The summed E-state index contributed by atoms with van der Waals surface area (Å²) in [6.07, 6.45) is 1.80. The van der Waals surface area contributed by atoms with Crippen molar-refractivity contribution in [1.29, 1.82) is 0 Å². The average molecular weight is 342 g/mol. The minimum absolute atomic E-state index is 0.902. The summed E-state index contributed by atoms with van der Waals surface area (Å²) in [4.78, 5) is 0. The van der Waals surface area contributed by atoms with E-state index in [4.69, 9.17) is 0 Å². The summed E-state index contributed by atoms with van der Waals surface area (Å²) in [7, 11) is 0. The Morgan fingerprint density at radius 2 is 1.00 bits per heavy atom. The van der Waals surface area contributed by atoms with Gasteiger partial charge >= 0.3 is 0 Å². The molecule has 0 saturated carbocycles. The molecule has 4 rings (SSSR count). The van der Waals surface area contributed by atoms with E-state index in [1.54, 1.807) is 0 Å². The summed E-state index contributed by atoms with van der Waals surface area (Å²) in [5.74, 6) is 0. The number of rotatable bonds is 5. The second-order valence-electron chi connectivity index (χ2n) is 6.29. The summed E-state index contributed by atoms with van der Waals surface area (Å²) in [6.45, 7) is 4.34. The Hall–Kier alpha value is -3.14. The highest BCUT2D eigenvalue weighted by Gasteiger charge is 2.21. The topological polar surface area (TPSA) is 57.4 Å². The van der Waals surface area contributed by atoms with E-state index >= 15 is 0 Å². The molecule has 0 amide bonds. The molecule has 4 nitrogen and oxygen atoms in total. The highest BCUT2D eigenvalue weighted by atomic mass is 15.2. The Balaban J connectivity index is 1.84. The molecule has 2 aromatic heterocycles. The van der Waals surface area contributed by atoms with E-state index in [9.17, 15) is 0 Å². The lowest BCUT2D eigenvalue weighted by Crippen LogP contribution is -1.91. The van der Waals surface area contributed by atoms with Crippen molar-refractivity contribution in [2.24, 2.45) is 0 Å². The summed E-state index contributed by atoms with van der Waals surface area (Å²) in [6, 6.07) is 20.6. The third-order valence-electron chi connectivity index (χ3n) is 4.79. The van der Waals surface area contributed by atoms with Gasteiger partial charge in [0.2, 0.25) is 0 Å². The van der Waals surface area contributed by atoms with E-state index in [1.165, 1.54) is 11.1 Å². The lowest BCUT2D eigenvalue weighted by Gasteiger charge is -2.05. The molecule has 0 unspecified atom stereocenters. The van der Waals surface area contributed by atoms with Crippen molar-refractivity contribution >= 4 is 0 Å². The number of H-pyrrole nitrogens is 2.